The molecular formula is C16H19ClN2O. The molecule has 0 atom stereocenters. The lowest BCUT2D eigenvalue weighted by atomic mass is 10.1. The maximum Gasteiger partial charge on any atom is 0.219 e. The van der Waals surface area contributed by atoms with E-state index >= 15 is 0 Å². The van der Waals surface area contributed by atoms with Crippen molar-refractivity contribution < 1.29 is 4.74 Å². The van der Waals surface area contributed by atoms with Gasteiger partial charge >= 0.3 is 0 Å². The van der Waals surface area contributed by atoms with Crippen molar-refractivity contribution in [1.29, 1.82) is 0 Å². The predicted octanol–water partition coefficient (Wildman–Crippen LogP) is 4.17. The first-order valence-electron chi connectivity index (χ1n) is 6.56. The van der Waals surface area contributed by atoms with Gasteiger partial charge in [0.2, 0.25) is 5.88 Å². The molecule has 3 nitrogen and oxygen atoms in total. The number of pyridine rings is 1. The lowest BCUT2D eigenvalue weighted by Crippen LogP contribution is -2.06. The van der Waals surface area contributed by atoms with E-state index in [1.165, 1.54) is 5.56 Å². The highest BCUT2D eigenvalue weighted by atomic mass is 35.5. The standard InChI is InChI=1S/C16H19ClN2O/c1-10-5-6-11(2)16(12(10)3)20-15-7-13(8-18-4)14(17)9-19-15/h5-7,9,18H,8H2,1-4H3. The van der Waals surface area contributed by atoms with Gasteiger partial charge in [-0.3, -0.25) is 0 Å². The maximum absolute atomic E-state index is 6.11. The van der Waals surface area contributed by atoms with Gasteiger partial charge in [0.05, 0.1) is 5.02 Å². The first kappa shape index (κ1) is 14.8. The fraction of sp³-hybridized carbons (Fsp3) is 0.312. The highest BCUT2D eigenvalue weighted by molar-refractivity contribution is 6.31. The first-order valence-corrected chi connectivity index (χ1v) is 6.94. The van der Waals surface area contributed by atoms with Crippen LogP contribution in [0.2, 0.25) is 5.02 Å². The Kier molecular flexibility index (Phi) is 4.63. The van der Waals surface area contributed by atoms with E-state index in [1.54, 1.807) is 6.20 Å². The van der Waals surface area contributed by atoms with Crippen LogP contribution in [0.4, 0.5) is 0 Å². The summed E-state index contributed by atoms with van der Waals surface area (Å²) in [5, 5.41) is 3.72. The molecule has 1 aromatic carbocycles. The Bertz CT molecular complexity index is 626. The van der Waals surface area contributed by atoms with Gasteiger partial charge in [-0.05, 0) is 50.1 Å². The number of benzene rings is 1. The summed E-state index contributed by atoms with van der Waals surface area (Å²) in [6, 6.07) is 6.03. The van der Waals surface area contributed by atoms with E-state index in [4.69, 9.17) is 16.3 Å². The minimum absolute atomic E-state index is 0.566. The second kappa shape index (κ2) is 6.25. The number of rotatable bonds is 4. The first-order chi connectivity index (χ1) is 9.52. The molecule has 1 aromatic heterocycles. The Morgan fingerprint density at radius 3 is 2.60 bits per heavy atom. The molecule has 0 amide bonds. The number of aromatic nitrogens is 1. The zero-order valence-electron chi connectivity index (χ0n) is 12.2. The van der Waals surface area contributed by atoms with Crippen LogP contribution >= 0.6 is 11.6 Å². The normalized spacial score (nSPS) is 10.7. The average molecular weight is 291 g/mol. The number of halogens is 1. The van der Waals surface area contributed by atoms with Crippen LogP contribution in [0.15, 0.2) is 24.4 Å². The predicted molar refractivity (Wildman–Crippen MR) is 82.7 cm³/mol. The fourth-order valence-corrected chi connectivity index (χ4v) is 2.20. The van der Waals surface area contributed by atoms with Gasteiger partial charge in [0.1, 0.15) is 5.75 Å². The van der Waals surface area contributed by atoms with Crippen molar-refractivity contribution in [3.63, 3.8) is 0 Å². The molecule has 0 aliphatic carbocycles. The molecule has 0 radical (unpaired) electrons. The third-order valence-corrected chi connectivity index (χ3v) is 3.70. The summed E-state index contributed by atoms with van der Waals surface area (Å²) in [6.45, 7) is 6.85. The van der Waals surface area contributed by atoms with Crippen LogP contribution in [-0.4, -0.2) is 12.0 Å². The molecule has 0 aliphatic rings. The third kappa shape index (κ3) is 3.11. The lowest BCUT2D eigenvalue weighted by Gasteiger charge is -2.14. The van der Waals surface area contributed by atoms with Crippen molar-refractivity contribution in [1.82, 2.24) is 10.3 Å². The largest absolute Gasteiger partial charge is 0.438 e. The van der Waals surface area contributed by atoms with Gasteiger partial charge in [-0.25, -0.2) is 4.98 Å². The third-order valence-electron chi connectivity index (χ3n) is 3.36. The molecule has 0 unspecified atom stereocenters. The Balaban J connectivity index is 2.35. The number of nitrogens with zero attached hydrogens (tertiary/aromatic N) is 1. The summed E-state index contributed by atoms with van der Waals surface area (Å²) in [5.41, 5.74) is 4.41. The molecule has 2 rings (SSSR count). The number of hydrogen-bond donors (Lipinski definition) is 1. The monoisotopic (exact) mass is 290 g/mol. The van der Waals surface area contributed by atoms with E-state index < -0.39 is 0 Å². The van der Waals surface area contributed by atoms with Crippen molar-refractivity contribution in [3.05, 3.63) is 51.7 Å². The summed E-state index contributed by atoms with van der Waals surface area (Å²) in [6.07, 6.45) is 1.63. The highest BCUT2D eigenvalue weighted by Gasteiger charge is 2.10. The van der Waals surface area contributed by atoms with E-state index in [-0.39, 0.29) is 0 Å². The summed E-state index contributed by atoms with van der Waals surface area (Å²) < 4.78 is 5.97. The molecule has 4 heteroatoms. The zero-order valence-corrected chi connectivity index (χ0v) is 13.0. The summed E-state index contributed by atoms with van der Waals surface area (Å²) >= 11 is 6.11. The van der Waals surface area contributed by atoms with Crippen LogP contribution in [0, 0.1) is 20.8 Å². The van der Waals surface area contributed by atoms with Crippen LogP contribution in [0.5, 0.6) is 11.6 Å². The average Bonchev–Trinajstić information content (AvgIpc) is 2.43. The molecule has 0 aliphatic heterocycles. The molecule has 0 fully saturated rings. The topological polar surface area (TPSA) is 34.1 Å². The molecule has 0 bridgehead atoms. The smallest absolute Gasteiger partial charge is 0.219 e. The van der Waals surface area contributed by atoms with E-state index in [0.717, 1.165) is 22.4 Å². The van der Waals surface area contributed by atoms with Gasteiger partial charge < -0.3 is 10.1 Å². The van der Waals surface area contributed by atoms with Crippen LogP contribution < -0.4 is 10.1 Å². The second-order valence-corrected chi connectivity index (χ2v) is 5.31. The van der Waals surface area contributed by atoms with Gasteiger partial charge in [-0.15, -0.1) is 0 Å². The van der Waals surface area contributed by atoms with Crippen molar-refractivity contribution in [2.45, 2.75) is 27.3 Å². The van der Waals surface area contributed by atoms with Crippen molar-refractivity contribution >= 4 is 11.6 Å². The van der Waals surface area contributed by atoms with E-state index in [2.05, 4.69) is 36.3 Å². The molecule has 0 spiro atoms. The molecule has 1 heterocycles. The molecule has 106 valence electrons. The number of aryl methyl sites for hydroxylation is 2. The maximum atomic E-state index is 6.11. The molecule has 1 N–H and O–H groups in total. The summed E-state index contributed by atoms with van der Waals surface area (Å²) in [4.78, 5) is 4.25. The molecule has 0 saturated carbocycles. The summed E-state index contributed by atoms with van der Waals surface area (Å²) in [7, 11) is 1.88. The minimum atomic E-state index is 0.566. The van der Waals surface area contributed by atoms with Crippen molar-refractivity contribution in [2.24, 2.45) is 0 Å². The van der Waals surface area contributed by atoms with E-state index in [1.807, 2.05) is 20.0 Å². The Morgan fingerprint density at radius 2 is 1.90 bits per heavy atom. The van der Waals surface area contributed by atoms with Gasteiger partial charge in [0.15, 0.2) is 0 Å². The van der Waals surface area contributed by atoms with Gasteiger partial charge in [-0.1, -0.05) is 23.7 Å². The SMILES string of the molecule is CNCc1cc(Oc2c(C)ccc(C)c2C)ncc1Cl. The quantitative estimate of drug-likeness (QED) is 0.917. The second-order valence-electron chi connectivity index (χ2n) is 4.90. The van der Waals surface area contributed by atoms with Crippen LogP contribution in [0.25, 0.3) is 0 Å². The van der Waals surface area contributed by atoms with E-state index in [9.17, 15) is 0 Å². The van der Waals surface area contributed by atoms with Crippen molar-refractivity contribution in [3.8, 4) is 11.6 Å². The van der Waals surface area contributed by atoms with Crippen LogP contribution in [-0.2, 0) is 6.54 Å². The Morgan fingerprint density at radius 1 is 1.20 bits per heavy atom. The highest BCUT2D eigenvalue weighted by Crippen LogP contribution is 2.30. The molecular weight excluding hydrogens is 272 g/mol. The van der Waals surface area contributed by atoms with Crippen molar-refractivity contribution in [2.75, 3.05) is 7.05 Å². The summed E-state index contributed by atoms with van der Waals surface area (Å²) in [5.74, 6) is 1.44. The van der Waals surface area contributed by atoms with Gasteiger partial charge in [0.25, 0.3) is 0 Å². The van der Waals surface area contributed by atoms with Gasteiger partial charge in [0, 0.05) is 18.8 Å². The molecule has 2 aromatic rings. The van der Waals surface area contributed by atoms with Gasteiger partial charge in [-0.2, -0.15) is 0 Å². The lowest BCUT2D eigenvalue weighted by molar-refractivity contribution is 0.454. The van der Waals surface area contributed by atoms with Crippen LogP contribution in [0.1, 0.15) is 22.3 Å². The number of nitrogens with one attached hydrogen (secondary N) is 1. The molecule has 20 heavy (non-hydrogen) atoms. The minimum Gasteiger partial charge on any atom is -0.438 e. The number of ether oxygens (including phenoxy) is 1. The Labute approximate surface area is 124 Å². The fourth-order valence-electron chi connectivity index (χ4n) is 2.03. The molecule has 0 saturated heterocycles. The van der Waals surface area contributed by atoms with E-state index in [0.29, 0.717) is 17.4 Å². The van der Waals surface area contributed by atoms with Crippen LogP contribution in [0.3, 0.4) is 0 Å². The number of hydrogen-bond acceptors (Lipinski definition) is 3. The Hall–Kier alpha value is -1.58. The zero-order chi connectivity index (χ0) is 14.7.